The highest BCUT2D eigenvalue weighted by Crippen LogP contribution is 2.04. The molecular weight excluding hydrogens is 156 g/mol. The first-order valence-corrected chi connectivity index (χ1v) is 3.49. The molecule has 0 unspecified atom stereocenters. The van der Waals surface area contributed by atoms with Crippen LogP contribution >= 0.6 is 0 Å². The number of aromatic nitrogens is 2. The normalized spacial score (nSPS) is 11.7. The Kier molecular flexibility index (Phi) is 2.28. The lowest BCUT2D eigenvalue weighted by atomic mass is 10.2. The van der Waals surface area contributed by atoms with Crippen LogP contribution in [0.15, 0.2) is 18.1 Å². The van der Waals surface area contributed by atoms with E-state index in [0.717, 1.165) is 5.69 Å². The summed E-state index contributed by atoms with van der Waals surface area (Å²) >= 11 is 0. The summed E-state index contributed by atoms with van der Waals surface area (Å²) in [6.45, 7) is 1.55. The fraction of sp³-hybridized carbons (Fsp3) is 0.250. The van der Waals surface area contributed by atoms with Gasteiger partial charge in [0, 0.05) is 12.6 Å². The van der Waals surface area contributed by atoms with Gasteiger partial charge in [0.2, 0.25) is 0 Å². The Morgan fingerprint density at radius 3 is 2.83 bits per heavy atom. The molecule has 0 aliphatic rings. The minimum Gasteiger partial charge on any atom is -0.478 e. The van der Waals surface area contributed by atoms with E-state index < -0.39 is 5.97 Å². The highest BCUT2D eigenvalue weighted by Gasteiger charge is 2.01. The van der Waals surface area contributed by atoms with Gasteiger partial charge in [-0.15, -0.1) is 0 Å². The number of aryl methyl sites for hydroxylation is 1. The fourth-order valence-corrected chi connectivity index (χ4v) is 0.790. The second kappa shape index (κ2) is 3.21. The molecule has 0 fully saturated rings. The average Bonchev–Trinajstić information content (AvgIpc) is 2.36. The van der Waals surface area contributed by atoms with Crippen molar-refractivity contribution in [3.05, 3.63) is 23.8 Å². The molecule has 1 rings (SSSR count). The Labute approximate surface area is 70.2 Å². The molecule has 0 aliphatic carbocycles. The van der Waals surface area contributed by atoms with E-state index in [-0.39, 0.29) is 0 Å². The second-order valence-corrected chi connectivity index (χ2v) is 2.56. The van der Waals surface area contributed by atoms with Gasteiger partial charge >= 0.3 is 5.97 Å². The van der Waals surface area contributed by atoms with Crippen LogP contribution in [0.1, 0.15) is 12.6 Å². The molecule has 1 aromatic rings. The molecule has 0 bridgehead atoms. The van der Waals surface area contributed by atoms with Crippen molar-refractivity contribution < 1.29 is 9.90 Å². The molecular formula is C8H10N2O2. The molecule has 0 aliphatic heterocycles. The Morgan fingerprint density at radius 2 is 2.42 bits per heavy atom. The summed E-state index contributed by atoms with van der Waals surface area (Å²) in [6.07, 6.45) is 4.82. The zero-order valence-corrected chi connectivity index (χ0v) is 6.98. The van der Waals surface area contributed by atoms with Gasteiger partial charge in [0.05, 0.1) is 18.2 Å². The molecule has 0 amide bonds. The van der Waals surface area contributed by atoms with Gasteiger partial charge in [0.15, 0.2) is 0 Å². The van der Waals surface area contributed by atoms with E-state index in [0.29, 0.717) is 5.57 Å². The van der Waals surface area contributed by atoms with Gasteiger partial charge in [-0.05, 0) is 13.0 Å². The number of carboxylic acid groups (broad SMARTS) is 1. The SMILES string of the molecule is CC(=Cc1cncn1C)C(=O)O. The molecule has 4 nitrogen and oxygen atoms in total. The van der Waals surface area contributed by atoms with Gasteiger partial charge in [-0.1, -0.05) is 0 Å². The number of imidazole rings is 1. The molecule has 1 aromatic heterocycles. The first-order valence-electron chi connectivity index (χ1n) is 3.49. The maximum Gasteiger partial charge on any atom is 0.331 e. The summed E-state index contributed by atoms with van der Waals surface area (Å²) in [5, 5.41) is 8.57. The van der Waals surface area contributed by atoms with Crippen LogP contribution in [0.4, 0.5) is 0 Å². The summed E-state index contributed by atoms with van der Waals surface area (Å²) in [4.78, 5) is 14.3. The Bertz CT molecular complexity index is 326. The molecule has 0 saturated heterocycles. The van der Waals surface area contributed by atoms with E-state index in [4.69, 9.17) is 5.11 Å². The van der Waals surface area contributed by atoms with Gasteiger partial charge < -0.3 is 9.67 Å². The predicted molar refractivity (Wildman–Crippen MR) is 44.5 cm³/mol. The number of hydrogen-bond donors (Lipinski definition) is 1. The maximum atomic E-state index is 10.4. The van der Waals surface area contributed by atoms with Gasteiger partial charge in [0.1, 0.15) is 0 Å². The Morgan fingerprint density at radius 1 is 1.75 bits per heavy atom. The third-order valence-corrected chi connectivity index (χ3v) is 1.56. The largest absolute Gasteiger partial charge is 0.478 e. The molecule has 0 atom stereocenters. The molecule has 0 saturated carbocycles. The van der Waals surface area contributed by atoms with E-state index in [9.17, 15) is 4.79 Å². The van der Waals surface area contributed by atoms with Crippen molar-refractivity contribution >= 4 is 12.0 Å². The third-order valence-electron chi connectivity index (χ3n) is 1.56. The second-order valence-electron chi connectivity index (χ2n) is 2.56. The van der Waals surface area contributed by atoms with Crippen LogP contribution < -0.4 is 0 Å². The summed E-state index contributed by atoms with van der Waals surface area (Å²) < 4.78 is 1.76. The topological polar surface area (TPSA) is 55.1 Å². The van der Waals surface area contributed by atoms with E-state index in [1.807, 2.05) is 7.05 Å². The standard InChI is InChI=1S/C8H10N2O2/c1-6(8(11)12)3-7-4-9-5-10(7)2/h3-5H,1-2H3,(H,11,12). The zero-order valence-electron chi connectivity index (χ0n) is 6.98. The lowest BCUT2D eigenvalue weighted by Gasteiger charge is -1.95. The molecule has 1 N–H and O–H groups in total. The predicted octanol–water partition coefficient (Wildman–Crippen LogP) is 0.908. The molecule has 0 spiro atoms. The van der Waals surface area contributed by atoms with Crippen LogP contribution in [0.25, 0.3) is 6.08 Å². The van der Waals surface area contributed by atoms with Gasteiger partial charge in [0.25, 0.3) is 0 Å². The highest BCUT2D eigenvalue weighted by molar-refractivity contribution is 5.91. The number of rotatable bonds is 2. The first-order chi connectivity index (χ1) is 5.61. The molecule has 4 heteroatoms. The van der Waals surface area contributed by atoms with Crippen molar-refractivity contribution in [1.29, 1.82) is 0 Å². The minimum absolute atomic E-state index is 0.304. The number of carboxylic acids is 1. The summed E-state index contributed by atoms with van der Waals surface area (Å²) in [5.41, 5.74) is 1.09. The summed E-state index contributed by atoms with van der Waals surface area (Å²) in [6, 6.07) is 0. The minimum atomic E-state index is -0.906. The van der Waals surface area contributed by atoms with Crippen LogP contribution in [0.5, 0.6) is 0 Å². The van der Waals surface area contributed by atoms with Crippen LogP contribution in [0.2, 0.25) is 0 Å². The van der Waals surface area contributed by atoms with Crippen molar-refractivity contribution in [2.45, 2.75) is 6.92 Å². The molecule has 0 radical (unpaired) electrons. The first kappa shape index (κ1) is 8.52. The van der Waals surface area contributed by atoms with E-state index in [1.54, 1.807) is 30.1 Å². The smallest absolute Gasteiger partial charge is 0.331 e. The van der Waals surface area contributed by atoms with Crippen molar-refractivity contribution in [1.82, 2.24) is 9.55 Å². The zero-order chi connectivity index (χ0) is 9.14. The summed E-state index contributed by atoms with van der Waals surface area (Å²) in [7, 11) is 1.81. The van der Waals surface area contributed by atoms with Crippen LogP contribution in [-0.2, 0) is 11.8 Å². The number of hydrogen-bond acceptors (Lipinski definition) is 2. The maximum absolute atomic E-state index is 10.4. The van der Waals surface area contributed by atoms with E-state index >= 15 is 0 Å². The van der Waals surface area contributed by atoms with E-state index in [1.165, 1.54) is 0 Å². The molecule has 0 aromatic carbocycles. The summed E-state index contributed by atoms with van der Waals surface area (Å²) in [5.74, 6) is -0.906. The van der Waals surface area contributed by atoms with Gasteiger partial charge in [-0.3, -0.25) is 0 Å². The monoisotopic (exact) mass is 166 g/mol. The molecule has 12 heavy (non-hydrogen) atoms. The van der Waals surface area contributed by atoms with Crippen molar-refractivity contribution in [2.24, 2.45) is 7.05 Å². The Hall–Kier alpha value is -1.58. The van der Waals surface area contributed by atoms with E-state index in [2.05, 4.69) is 4.98 Å². The Balaban J connectivity index is 2.95. The van der Waals surface area contributed by atoms with Crippen molar-refractivity contribution in [2.75, 3.05) is 0 Å². The van der Waals surface area contributed by atoms with Crippen molar-refractivity contribution in [3.8, 4) is 0 Å². The number of carbonyl (C=O) groups is 1. The fourth-order valence-electron chi connectivity index (χ4n) is 0.790. The average molecular weight is 166 g/mol. The quantitative estimate of drug-likeness (QED) is 0.664. The van der Waals surface area contributed by atoms with Crippen LogP contribution in [0, 0.1) is 0 Å². The third kappa shape index (κ3) is 1.72. The highest BCUT2D eigenvalue weighted by atomic mass is 16.4. The molecule has 64 valence electrons. The van der Waals surface area contributed by atoms with Gasteiger partial charge in [-0.2, -0.15) is 0 Å². The lowest BCUT2D eigenvalue weighted by Crippen LogP contribution is -1.97. The number of aliphatic carboxylic acids is 1. The lowest BCUT2D eigenvalue weighted by molar-refractivity contribution is -0.132. The molecule has 1 heterocycles. The van der Waals surface area contributed by atoms with Crippen LogP contribution in [0.3, 0.4) is 0 Å². The van der Waals surface area contributed by atoms with Gasteiger partial charge in [-0.25, -0.2) is 9.78 Å². The van der Waals surface area contributed by atoms with Crippen LogP contribution in [-0.4, -0.2) is 20.6 Å². The number of nitrogens with zero attached hydrogens (tertiary/aromatic N) is 2. The van der Waals surface area contributed by atoms with Crippen molar-refractivity contribution in [3.63, 3.8) is 0 Å².